The number of nitrogens with zero attached hydrogens (tertiary/aromatic N) is 2. The fourth-order valence-corrected chi connectivity index (χ4v) is 3.18. The van der Waals surface area contributed by atoms with Crippen molar-refractivity contribution in [2.24, 2.45) is 0 Å². The van der Waals surface area contributed by atoms with E-state index in [1.165, 1.54) is 11.8 Å². The molecule has 1 aromatic heterocycles. The molecule has 6 nitrogen and oxygen atoms in total. The van der Waals surface area contributed by atoms with Gasteiger partial charge in [-0.25, -0.2) is 4.68 Å². The molecule has 146 valence electrons. The van der Waals surface area contributed by atoms with Crippen molar-refractivity contribution in [2.75, 3.05) is 13.7 Å². The minimum Gasteiger partial charge on any atom is -0.497 e. The zero-order valence-corrected chi connectivity index (χ0v) is 16.9. The lowest BCUT2D eigenvalue weighted by atomic mass is 10.1. The number of benzene rings is 2. The number of methoxy groups -OCH3 is 1. The molecule has 8 heteroatoms. The van der Waals surface area contributed by atoms with Crippen molar-refractivity contribution in [1.29, 1.82) is 0 Å². The van der Waals surface area contributed by atoms with E-state index in [4.69, 9.17) is 32.7 Å². The Labute approximate surface area is 171 Å². The van der Waals surface area contributed by atoms with Crippen molar-refractivity contribution in [2.45, 2.75) is 19.9 Å². The molecule has 3 aromatic rings. The summed E-state index contributed by atoms with van der Waals surface area (Å²) in [5, 5.41) is 6.23. The van der Waals surface area contributed by atoms with Gasteiger partial charge in [-0.15, -0.1) is 0 Å². The molecule has 0 radical (unpaired) electrons. The lowest BCUT2D eigenvalue weighted by Crippen LogP contribution is -2.26. The van der Waals surface area contributed by atoms with Crippen molar-refractivity contribution >= 4 is 39.9 Å². The second-order valence-corrected chi connectivity index (χ2v) is 6.87. The molecule has 0 aliphatic heterocycles. The zero-order valence-electron chi connectivity index (χ0n) is 15.4. The number of aromatic nitrogens is 2. The maximum absolute atomic E-state index is 13.0. The normalized spacial score (nSPS) is 10.9. The van der Waals surface area contributed by atoms with E-state index in [0.29, 0.717) is 32.3 Å². The molecular formula is C20H18Cl2N2O4. The van der Waals surface area contributed by atoms with Crippen LogP contribution in [0.4, 0.5) is 0 Å². The third-order valence-electron chi connectivity index (χ3n) is 4.18. The van der Waals surface area contributed by atoms with E-state index in [1.54, 1.807) is 43.3 Å². The molecule has 0 spiro atoms. The number of hydrogen-bond donors (Lipinski definition) is 0. The molecule has 0 N–H and O–H groups in total. The number of carbonyl (C=O) groups is 1. The fraction of sp³-hybridized carbons (Fsp3) is 0.250. The quantitative estimate of drug-likeness (QED) is 0.566. The van der Waals surface area contributed by atoms with E-state index in [0.717, 1.165) is 5.56 Å². The van der Waals surface area contributed by atoms with Gasteiger partial charge < -0.3 is 9.47 Å². The van der Waals surface area contributed by atoms with Crippen LogP contribution in [-0.2, 0) is 22.5 Å². The summed E-state index contributed by atoms with van der Waals surface area (Å²) >= 11 is 12.0. The molecule has 0 amide bonds. The molecule has 28 heavy (non-hydrogen) atoms. The monoisotopic (exact) mass is 420 g/mol. The van der Waals surface area contributed by atoms with Gasteiger partial charge in [0, 0.05) is 5.39 Å². The molecule has 0 saturated heterocycles. The number of fused-ring (bicyclic) bond motifs is 1. The molecule has 0 atom stereocenters. The van der Waals surface area contributed by atoms with Crippen molar-refractivity contribution in [3.05, 3.63) is 68.1 Å². The Morgan fingerprint density at radius 3 is 2.57 bits per heavy atom. The molecule has 0 aliphatic rings. The Morgan fingerprint density at radius 1 is 1.11 bits per heavy atom. The molecular weight excluding hydrogens is 403 g/mol. The van der Waals surface area contributed by atoms with Crippen molar-refractivity contribution in [1.82, 2.24) is 9.78 Å². The SMILES string of the molecule is CCOC(=O)Cc1nn(Cc2ccc(Cl)c(Cl)c2)c(=O)c2cc(OC)ccc12. The van der Waals surface area contributed by atoms with Crippen LogP contribution in [0.5, 0.6) is 5.75 Å². The standard InChI is InChI=1S/C20H18Cl2N2O4/c1-3-28-19(25)10-18-14-6-5-13(27-2)9-15(14)20(26)24(23-18)11-12-4-7-16(21)17(22)8-12/h4-9H,3,10-11H2,1-2H3. The van der Waals surface area contributed by atoms with Crippen molar-refractivity contribution in [3.63, 3.8) is 0 Å². The van der Waals surface area contributed by atoms with Crippen LogP contribution in [0.1, 0.15) is 18.2 Å². The average Bonchev–Trinajstić information content (AvgIpc) is 2.68. The van der Waals surface area contributed by atoms with Crippen LogP contribution in [0.25, 0.3) is 10.8 Å². The first kappa shape index (κ1) is 20.2. The predicted molar refractivity (Wildman–Crippen MR) is 108 cm³/mol. The van der Waals surface area contributed by atoms with Gasteiger partial charge in [0.2, 0.25) is 0 Å². The van der Waals surface area contributed by atoms with E-state index in [9.17, 15) is 9.59 Å². The van der Waals surface area contributed by atoms with Gasteiger partial charge in [-0.05, 0) is 42.8 Å². The molecule has 1 heterocycles. The third kappa shape index (κ3) is 4.29. The van der Waals surface area contributed by atoms with E-state index < -0.39 is 5.97 Å². The molecule has 0 aliphatic carbocycles. The number of rotatable bonds is 6. The minimum atomic E-state index is -0.410. The van der Waals surface area contributed by atoms with Crippen molar-refractivity contribution < 1.29 is 14.3 Å². The number of ether oxygens (including phenoxy) is 2. The molecule has 0 unspecified atom stereocenters. The van der Waals surface area contributed by atoms with Gasteiger partial charge in [-0.1, -0.05) is 29.3 Å². The first-order valence-corrected chi connectivity index (χ1v) is 9.35. The summed E-state index contributed by atoms with van der Waals surface area (Å²) < 4.78 is 11.6. The van der Waals surface area contributed by atoms with Crippen LogP contribution in [0.2, 0.25) is 10.0 Å². The van der Waals surface area contributed by atoms with Crippen LogP contribution in [0.15, 0.2) is 41.2 Å². The first-order valence-electron chi connectivity index (χ1n) is 8.60. The second kappa shape index (κ2) is 8.63. The topological polar surface area (TPSA) is 70.4 Å². The Hall–Kier alpha value is -2.57. The zero-order chi connectivity index (χ0) is 20.3. The highest BCUT2D eigenvalue weighted by Gasteiger charge is 2.16. The summed E-state index contributed by atoms with van der Waals surface area (Å²) in [6, 6.07) is 10.2. The second-order valence-electron chi connectivity index (χ2n) is 6.05. The van der Waals surface area contributed by atoms with Gasteiger partial charge in [-0.3, -0.25) is 9.59 Å². The number of hydrogen-bond acceptors (Lipinski definition) is 5. The Kier molecular flexibility index (Phi) is 6.21. The van der Waals surface area contributed by atoms with E-state index >= 15 is 0 Å². The fourth-order valence-electron chi connectivity index (χ4n) is 2.86. The maximum Gasteiger partial charge on any atom is 0.311 e. The summed E-state index contributed by atoms with van der Waals surface area (Å²) in [6.07, 6.45) is -0.0433. The smallest absolute Gasteiger partial charge is 0.311 e. The molecule has 0 saturated carbocycles. The van der Waals surface area contributed by atoms with Gasteiger partial charge in [0.15, 0.2) is 0 Å². The molecule has 0 bridgehead atoms. The van der Waals surface area contributed by atoms with Gasteiger partial charge in [-0.2, -0.15) is 5.10 Å². The highest BCUT2D eigenvalue weighted by molar-refractivity contribution is 6.42. The van der Waals surface area contributed by atoms with E-state index in [2.05, 4.69) is 5.10 Å². The Bertz CT molecular complexity index is 1100. The van der Waals surface area contributed by atoms with Crippen LogP contribution >= 0.6 is 23.2 Å². The van der Waals surface area contributed by atoms with E-state index in [-0.39, 0.29) is 25.1 Å². The lowest BCUT2D eigenvalue weighted by Gasteiger charge is -2.12. The van der Waals surface area contributed by atoms with E-state index in [1.807, 2.05) is 0 Å². The summed E-state index contributed by atoms with van der Waals surface area (Å²) in [7, 11) is 1.52. The summed E-state index contributed by atoms with van der Waals surface area (Å²) in [5.74, 6) is 0.130. The lowest BCUT2D eigenvalue weighted by molar-refractivity contribution is -0.142. The summed E-state index contributed by atoms with van der Waals surface area (Å²) in [6.45, 7) is 2.19. The number of carbonyl (C=O) groups excluding carboxylic acids is 1. The average molecular weight is 421 g/mol. The van der Waals surface area contributed by atoms with Crippen LogP contribution in [0, 0.1) is 0 Å². The van der Waals surface area contributed by atoms with Gasteiger partial charge in [0.05, 0.1) is 47.8 Å². The highest BCUT2D eigenvalue weighted by Crippen LogP contribution is 2.24. The number of esters is 1. The molecule has 3 rings (SSSR count). The minimum absolute atomic E-state index is 0.0433. The van der Waals surface area contributed by atoms with Gasteiger partial charge in [0.25, 0.3) is 5.56 Å². The maximum atomic E-state index is 13.0. The first-order chi connectivity index (χ1) is 13.4. The predicted octanol–water partition coefficient (Wildman–Crippen LogP) is 3.87. The van der Waals surface area contributed by atoms with Gasteiger partial charge in [0.1, 0.15) is 5.75 Å². The van der Waals surface area contributed by atoms with Gasteiger partial charge >= 0.3 is 5.97 Å². The van der Waals surface area contributed by atoms with Crippen LogP contribution in [0.3, 0.4) is 0 Å². The van der Waals surface area contributed by atoms with Crippen LogP contribution < -0.4 is 10.3 Å². The largest absolute Gasteiger partial charge is 0.497 e. The summed E-state index contributed by atoms with van der Waals surface area (Å²) in [4.78, 5) is 25.0. The third-order valence-corrected chi connectivity index (χ3v) is 4.92. The highest BCUT2D eigenvalue weighted by atomic mass is 35.5. The molecule has 2 aromatic carbocycles. The Morgan fingerprint density at radius 2 is 1.89 bits per heavy atom. The van der Waals surface area contributed by atoms with Crippen LogP contribution in [-0.4, -0.2) is 29.5 Å². The molecule has 0 fully saturated rings. The Balaban J connectivity index is 2.12. The van der Waals surface area contributed by atoms with Crippen molar-refractivity contribution in [3.8, 4) is 5.75 Å². The summed E-state index contributed by atoms with van der Waals surface area (Å²) in [5.41, 5.74) is 0.914. The number of halogens is 2.